The number of carbonyl (C=O) groups excluding carboxylic acids is 4. The zero-order chi connectivity index (χ0) is 30.1. The molecule has 0 aliphatic carbocycles. The first kappa shape index (κ1) is 31.9. The zero-order valence-electron chi connectivity index (χ0n) is 23.3. The lowest BCUT2D eigenvalue weighted by Crippen LogP contribution is -2.59. The van der Waals surface area contributed by atoms with E-state index in [1.54, 1.807) is 18.2 Å². The van der Waals surface area contributed by atoms with Crippen molar-refractivity contribution in [1.29, 1.82) is 0 Å². The van der Waals surface area contributed by atoms with Gasteiger partial charge in [-0.3, -0.25) is 19.2 Å². The van der Waals surface area contributed by atoms with Gasteiger partial charge in [0.2, 0.25) is 0 Å². The summed E-state index contributed by atoms with van der Waals surface area (Å²) in [5.41, 5.74) is 7.73. The lowest BCUT2D eigenvalue weighted by molar-refractivity contribution is -0.254. The summed E-state index contributed by atoms with van der Waals surface area (Å²) in [7, 11) is 0. The van der Waals surface area contributed by atoms with E-state index in [0.29, 0.717) is 35.9 Å². The highest BCUT2D eigenvalue weighted by Crippen LogP contribution is 2.39. The number of rotatable bonds is 11. The van der Waals surface area contributed by atoms with Gasteiger partial charge in [0.25, 0.3) is 0 Å². The molecule has 0 spiro atoms. The molecule has 2 N–H and O–H groups in total. The Morgan fingerprint density at radius 1 is 0.829 bits per heavy atom. The van der Waals surface area contributed by atoms with Crippen LogP contribution in [0.15, 0.2) is 42.5 Å². The van der Waals surface area contributed by atoms with Crippen molar-refractivity contribution in [2.24, 2.45) is 5.73 Å². The maximum atomic E-state index is 12.2. The third kappa shape index (κ3) is 9.17. The highest BCUT2D eigenvalue weighted by Gasteiger charge is 2.52. The van der Waals surface area contributed by atoms with Crippen molar-refractivity contribution in [3.63, 3.8) is 0 Å². The Balaban J connectivity index is 2.00. The lowest BCUT2D eigenvalue weighted by Gasteiger charge is -2.44. The van der Waals surface area contributed by atoms with Crippen molar-refractivity contribution >= 4 is 35.5 Å². The smallest absolute Gasteiger partial charge is 0.303 e. The summed E-state index contributed by atoms with van der Waals surface area (Å²) in [5.74, 6) is -1.97. The number of ether oxygens (including phenoxy) is 6. The Morgan fingerprint density at radius 2 is 1.44 bits per heavy atom. The third-order valence-corrected chi connectivity index (χ3v) is 6.46. The van der Waals surface area contributed by atoms with Crippen molar-refractivity contribution in [2.45, 2.75) is 64.6 Å². The van der Waals surface area contributed by atoms with Gasteiger partial charge in [0.05, 0.1) is 0 Å². The van der Waals surface area contributed by atoms with Gasteiger partial charge in [0.1, 0.15) is 31.2 Å². The largest absolute Gasteiger partial charge is 0.492 e. The molecule has 1 aliphatic rings. The first-order valence-corrected chi connectivity index (χ1v) is 13.4. The van der Waals surface area contributed by atoms with Crippen molar-refractivity contribution in [1.82, 2.24) is 0 Å². The van der Waals surface area contributed by atoms with Gasteiger partial charge in [-0.15, -0.1) is 0 Å². The molecule has 222 valence electrons. The number of halogens is 1. The average Bonchev–Trinajstić information content (AvgIpc) is 2.90. The SMILES string of the molecule is CC(=O)OCC1O[C@@H](c2ccc(Cl)c(Cc3ccc(OCCN)cc3)c2)C(OC(C)=O)C(OC(C)=O)C1OC(C)=O. The van der Waals surface area contributed by atoms with Crippen LogP contribution in [0.3, 0.4) is 0 Å². The molecule has 0 saturated carbocycles. The molecular formula is C29H34ClNO10. The minimum absolute atomic E-state index is 0.312. The minimum atomic E-state index is -1.26. The van der Waals surface area contributed by atoms with Crippen molar-refractivity contribution in [3.8, 4) is 5.75 Å². The van der Waals surface area contributed by atoms with Gasteiger partial charge in [-0.05, 0) is 41.3 Å². The molecule has 1 heterocycles. The van der Waals surface area contributed by atoms with Gasteiger partial charge < -0.3 is 34.2 Å². The van der Waals surface area contributed by atoms with E-state index >= 15 is 0 Å². The van der Waals surface area contributed by atoms with Crippen LogP contribution < -0.4 is 10.5 Å². The number of nitrogens with two attached hydrogens (primary N) is 1. The van der Waals surface area contributed by atoms with Gasteiger partial charge >= 0.3 is 23.9 Å². The average molecular weight is 592 g/mol. The molecule has 0 bridgehead atoms. The molecule has 12 heteroatoms. The van der Waals surface area contributed by atoms with Crippen molar-refractivity contribution in [2.75, 3.05) is 19.8 Å². The molecule has 5 atom stereocenters. The second-order valence-electron chi connectivity index (χ2n) is 9.43. The number of hydrogen-bond donors (Lipinski definition) is 1. The Kier molecular flexibility index (Phi) is 11.5. The number of benzene rings is 2. The van der Waals surface area contributed by atoms with Gasteiger partial charge in [0.15, 0.2) is 18.3 Å². The van der Waals surface area contributed by atoms with Crippen LogP contribution in [0.25, 0.3) is 0 Å². The molecule has 3 rings (SSSR count). The predicted molar refractivity (Wildman–Crippen MR) is 146 cm³/mol. The molecule has 0 aromatic heterocycles. The Hall–Kier alpha value is -3.67. The molecule has 11 nitrogen and oxygen atoms in total. The molecule has 2 aromatic rings. The van der Waals surface area contributed by atoms with Crippen LogP contribution in [0.4, 0.5) is 0 Å². The van der Waals surface area contributed by atoms with Crippen LogP contribution in [-0.4, -0.2) is 68.1 Å². The highest BCUT2D eigenvalue weighted by molar-refractivity contribution is 6.31. The van der Waals surface area contributed by atoms with E-state index in [-0.39, 0.29) is 6.61 Å². The third-order valence-electron chi connectivity index (χ3n) is 6.09. The Labute approximate surface area is 243 Å². The van der Waals surface area contributed by atoms with Crippen LogP contribution in [0, 0.1) is 0 Å². The molecule has 4 unspecified atom stereocenters. The molecule has 1 fully saturated rings. The molecule has 41 heavy (non-hydrogen) atoms. The zero-order valence-corrected chi connectivity index (χ0v) is 24.1. The van der Waals surface area contributed by atoms with Crippen LogP contribution in [-0.2, 0) is 49.3 Å². The van der Waals surface area contributed by atoms with E-state index in [1.165, 1.54) is 27.7 Å². The normalized spacial score (nSPS) is 21.9. The summed E-state index contributed by atoms with van der Waals surface area (Å²) in [5, 5.41) is 0.489. The molecule has 0 radical (unpaired) electrons. The molecule has 2 aromatic carbocycles. The fourth-order valence-electron chi connectivity index (χ4n) is 4.50. The predicted octanol–water partition coefficient (Wildman–Crippen LogP) is 3.07. The van der Waals surface area contributed by atoms with Crippen molar-refractivity contribution < 1.29 is 47.6 Å². The number of esters is 4. The monoisotopic (exact) mass is 591 g/mol. The first-order chi connectivity index (χ1) is 19.5. The summed E-state index contributed by atoms with van der Waals surface area (Å²) in [6.45, 7) is 5.26. The second-order valence-corrected chi connectivity index (χ2v) is 9.84. The van der Waals surface area contributed by atoms with Crippen LogP contribution in [0.2, 0.25) is 5.02 Å². The van der Waals surface area contributed by atoms with E-state index in [4.69, 9.17) is 45.8 Å². The van der Waals surface area contributed by atoms with E-state index in [0.717, 1.165) is 11.1 Å². The van der Waals surface area contributed by atoms with Crippen LogP contribution >= 0.6 is 11.6 Å². The van der Waals surface area contributed by atoms with E-state index in [1.807, 2.05) is 24.3 Å². The standard InChI is InChI=1S/C29H34ClNO10/c1-16(32)37-15-25-27(38-17(2)33)29(40-19(4)35)28(39-18(3)34)26(41-25)21-7-10-24(30)22(14-21)13-20-5-8-23(9-6-20)36-12-11-31/h5-10,14,25-29H,11-13,15,31H2,1-4H3/t25?,26-,27?,28?,29?/m0/s1. The minimum Gasteiger partial charge on any atom is -0.492 e. The molecular weight excluding hydrogens is 558 g/mol. The number of hydrogen-bond acceptors (Lipinski definition) is 11. The summed E-state index contributed by atoms with van der Waals surface area (Å²) in [4.78, 5) is 47.9. The first-order valence-electron chi connectivity index (χ1n) is 13.0. The van der Waals surface area contributed by atoms with Gasteiger partial charge in [-0.25, -0.2) is 0 Å². The van der Waals surface area contributed by atoms with Gasteiger partial charge in [-0.2, -0.15) is 0 Å². The summed E-state index contributed by atoms with van der Waals surface area (Å²) in [6, 6.07) is 12.6. The topological polar surface area (TPSA) is 150 Å². The van der Waals surface area contributed by atoms with Crippen LogP contribution in [0.5, 0.6) is 5.75 Å². The lowest BCUT2D eigenvalue weighted by atomic mass is 9.89. The fourth-order valence-corrected chi connectivity index (χ4v) is 4.69. The molecule has 1 aliphatic heterocycles. The molecule has 1 saturated heterocycles. The maximum absolute atomic E-state index is 12.2. The summed E-state index contributed by atoms with van der Waals surface area (Å²) in [6.07, 6.45) is -5.30. The summed E-state index contributed by atoms with van der Waals surface area (Å²) < 4.78 is 33.5. The number of carbonyl (C=O) groups is 4. The Morgan fingerprint density at radius 3 is 2.02 bits per heavy atom. The quantitative estimate of drug-likeness (QED) is 0.303. The summed E-state index contributed by atoms with van der Waals surface area (Å²) >= 11 is 6.55. The highest BCUT2D eigenvalue weighted by atomic mass is 35.5. The van der Waals surface area contributed by atoms with E-state index < -0.39 is 54.4 Å². The fraction of sp³-hybridized carbons (Fsp3) is 0.448. The van der Waals surface area contributed by atoms with E-state index in [9.17, 15) is 19.2 Å². The molecule has 0 amide bonds. The Bertz CT molecular complexity index is 1230. The van der Waals surface area contributed by atoms with Crippen molar-refractivity contribution in [3.05, 3.63) is 64.2 Å². The van der Waals surface area contributed by atoms with Crippen LogP contribution in [0.1, 0.15) is 50.5 Å². The second kappa shape index (κ2) is 14.8. The maximum Gasteiger partial charge on any atom is 0.303 e. The van der Waals surface area contributed by atoms with E-state index in [2.05, 4.69) is 0 Å². The van der Waals surface area contributed by atoms with Gasteiger partial charge in [0, 0.05) is 39.3 Å². The van der Waals surface area contributed by atoms with Gasteiger partial charge in [-0.1, -0.05) is 35.9 Å².